The van der Waals surface area contributed by atoms with Gasteiger partial charge in [-0.05, 0) is 17.7 Å². The molecule has 1 aliphatic heterocycles. The van der Waals surface area contributed by atoms with Crippen molar-refractivity contribution in [3.8, 4) is 0 Å². The summed E-state index contributed by atoms with van der Waals surface area (Å²) in [5, 5.41) is 4.28. The number of aryl methyl sites for hydroxylation is 1. The summed E-state index contributed by atoms with van der Waals surface area (Å²) in [5.41, 5.74) is 4.18. The van der Waals surface area contributed by atoms with E-state index in [0.29, 0.717) is 0 Å². The maximum absolute atomic E-state index is 12.1. The van der Waals surface area contributed by atoms with E-state index in [4.69, 9.17) is 0 Å². The van der Waals surface area contributed by atoms with Gasteiger partial charge in [0.2, 0.25) is 0 Å². The maximum Gasteiger partial charge on any atom is 0.252 e. The molecule has 0 saturated carbocycles. The van der Waals surface area contributed by atoms with Crippen molar-refractivity contribution in [1.29, 1.82) is 0 Å². The highest BCUT2D eigenvalue weighted by atomic mass is 16.2. The zero-order valence-corrected chi connectivity index (χ0v) is 11.1. The number of aromatic nitrogens is 1. The molecule has 3 nitrogen and oxygen atoms in total. The van der Waals surface area contributed by atoms with Crippen LogP contribution in [0.4, 0.5) is 0 Å². The predicted molar refractivity (Wildman–Crippen MR) is 78.7 cm³/mol. The van der Waals surface area contributed by atoms with E-state index in [0.717, 1.165) is 16.7 Å². The number of hydrogen-bond donors (Lipinski definition) is 1. The normalized spacial score (nSPS) is 17.2. The summed E-state index contributed by atoms with van der Waals surface area (Å²) in [4.78, 5) is 12.1. The second kappa shape index (κ2) is 3.97. The van der Waals surface area contributed by atoms with Crippen molar-refractivity contribution in [1.82, 2.24) is 9.88 Å². The molecule has 0 spiro atoms. The fourth-order valence-electron chi connectivity index (χ4n) is 3.09. The molecule has 0 fully saturated rings. The molecule has 1 atom stereocenters. The standard InChI is InChI=1S/C17H14N2O/c1-19-10-14(11-6-4-5-9-15(11)19)16-12-7-2-3-8-13(12)17(20)18-16/h2-10,16H,1H3,(H,18,20)/t16-/m1/s1. The van der Waals surface area contributed by atoms with Crippen LogP contribution in [-0.4, -0.2) is 10.5 Å². The molecule has 0 unspecified atom stereocenters. The Kier molecular flexibility index (Phi) is 2.24. The van der Waals surface area contributed by atoms with Gasteiger partial charge in [0, 0.05) is 35.3 Å². The van der Waals surface area contributed by atoms with Gasteiger partial charge in [-0.1, -0.05) is 36.4 Å². The summed E-state index contributed by atoms with van der Waals surface area (Å²) in [6.45, 7) is 0. The van der Waals surface area contributed by atoms with Crippen LogP contribution in [0.2, 0.25) is 0 Å². The SMILES string of the molecule is Cn1cc([C@@H]2NC(=O)c3ccccc32)c2ccccc21. The number of nitrogens with zero attached hydrogens (tertiary/aromatic N) is 1. The van der Waals surface area contributed by atoms with Crippen molar-refractivity contribution < 1.29 is 4.79 Å². The minimum atomic E-state index is -0.0511. The molecule has 1 aliphatic rings. The van der Waals surface area contributed by atoms with Crippen molar-refractivity contribution in [3.05, 3.63) is 71.4 Å². The molecular formula is C17H14N2O. The van der Waals surface area contributed by atoms with Crippen molar-refractivity contribution in [2.45, 2.75) is 6.04 Å². The van der Waals surface area contributed by atoms with E-state index in [-0.39, 0.29) is 11.9 Å². The Labute approximate surface area is 116 Å². The lowest BCUT2D eigenvalue weighted by Crippen LogP contribution is -2.19. The molecule has 0 saturated heterocycles. The zero-order valence-electron chi connectivity index (χ0n) is 11.1. The van der Waals surface area contributed by atoms with Gasteiger partial charge in [0.05, 0.1) is 6.04 Å². The minimum Gasteiger partial charge on any atom is -0.350 e. The first-order valence-electron chi connectivity index (χ1n) is 6.69. The fraction of sp³-hybridized carbons (Fsp3) is 0.118. The highest BCUT2D eigenvalue weighted by molar-refractivity contribution is 6.00. The largest absolute Gasteiger partial charge is 0.350 e. The van der Waals surface area contributed by atoms with Crippen LogP contribution in [0.5, 0.6) is 0 Å². The van der Waals surface area contributed by atoms with Crippen molar-refractivity contribution in [2.75, 3.05) is 0 Å². The van der Waals surface area contributed by atoms with Gasteiger partial charge in [0.1, 0.15) is 0 Å². The zero-order chi connectivity index (χ0) is 13.7. The monoisotopic (exact) mass is 262 g/mol. The molecule has 98 valence electrons. The van der Waals surface area contributed by atoms with Gasteiger partial charge in [-0.2, -0.15) is 0 Å². The Balaban J connectivity index is 1.96. The Hall–Kier alpha value is -2.55. The van der Waals surface area contributed by atoms with Gasteiger partial charge in [-0.15, -0.1) is 0 Å². The van der Waals surface area contributed by atoms with E-state index in [1.807, 2.05) is 43.4 Å². The van der Waals surface area contributed by atoms with Crippen LogP contribution in [0.1, 0.15) is 27.5 Å². The summed E-state index contributed by atoms with van der Waals surface area (Å²) in [6.07, 6.45) is 2.11. The predicted octanol–water partition coefficient (Wildman–Crippen LogP) is 3.01. The molecule has 0 radical (unpaired) electrons. The van der Waals surface area contributed by atoms with Crippen molar-refractivity contribution in [2.24, 2.45) is 7.05 Å². The summed E-state index contributed by atoms with van der Waals surface area (Å²) in [6, 6.07) is 16.0. The van der Waals surface area contributed by atoms with Crippen LogP contribution in [0.15, 0.2) is 54.7 Å². The Bertz CT molecular complexity index is 832. The first kappa shape index (κ1) is 11.3. The third kappa shape index (κ3) is 1.43. The minimum absolute atomic E-state index is 0.0125. The van der Waals surface area contributed by atoms with Gasteiger partial charge >= 0.3 is 0 Å². The van der Waals surface area contributed by atoms with Crippen molar-refractivity contribution in [3.63, 3.8) is 0 Å². The average Bonchev–Trinajstić information content (AvgIpc) is 2.99. The lowest BCUT2D eigenvalue weighted by Gasteiger charge is -2.10. The number of rotatable bonds is 1. The molecule has 4 rings (SSSR count). The molecule has 0 aliphatic carbocycles. The Morgan fingerprint density at radius 2 is 1.75 bits per heavy atom. The van der Waals surface area contributed by atoms with E-state index in [9.17, 15) is 4.79 Å². The molecule has 20 heavy (non-hydrogen) atoms. The Morgan fingerprint density at radius 3 is 2.65 bits per heavy atom. The van der Waals surface area contributed by atoms with Gasteiger partial charge in [-0.3, -0.25) is 4.79 Å². The molecule has 1 N–H and O–H groups in total. The van der Waals surface area contributed by atoms with E-state index in [2.05, 4.69) is 28.2 Å². The maximum atomic E-state index is 12.1. The van der Waals surface area contributed by atoms with Crippen LogP contribution in [0.3, 0.4) is 0 Å². The van der Waals surface area contributed by atoms with Gasteiger partial charge < -0.3 is 9.88 Å². The number of nitrogens with one attached hydrogen (secondary N) is 1. The second-order valence-electron chi connectivity index (χ2n) is 5.21. The van der Waals surface area contributed by atoms with E-state index < -0.39 is 0 Å². The van der Waals surface area contributed by atoms with Crippen molar-refractivity contribution >= 4 is 16.8 Å². The second-order valence-corrected chi connectivity index (χ2v) is 5.21. The molecule has 0 bridgehead atoms. The fourth-order valence-corrected chi connectivity index (χ4v) is 3.09. The third-order valence-corrected chi connectivity index (χ3v) is 4.03. The molecular weight excluding hydrogens is 248 g/mol. The van der Waals surface area contributed by atoms with E-state index in [1.54, 1.807) is 0 Å². The van der Waals surface area contributed by atoms with Crippen LogP contribution >= 0.6 is 0 Å². The molecule has 2 aromatic carbocycles. The molecule has 1 aromatic heterocycles. The summed E-state index contributed by atoms with van der Waals surface area (Å²) >= 11 is 0. The molecule has 3 aromatic rings. The van der Waals surface area contributed by atoms with Crippen LogP contribution in [0.25, 0.3) is 10.9 Å². The first-order valence-corrected chi connectivity index (χ1v) is 6.69. The molecule has 2 heterocycles. The summed E-state index contributed by atoms with van der Waals surface area (Å²) < 4.78 is 2.11. The number of carbonyl (C=O) groups excluding carboxylic acids is 1. The van der Waals surface area contributed by atoms with Gasteiger partial charge in [0.15, 0.2) is 0 Å². The number of hydrogen-bond acceptors (Lipinski definition) is 1. The summed E-state index contributed by atoms with van der Waals surface area (Å²) in [7, 11) is 2.04. The lowest BCUT2D eigenvalue weighted by atomic mass is 9.98. The van der Waals surface area contributed by atoms with Gasteiger partial charge in [0.25, 0.3) is 5.91 Å². The smallest absolute Gasteiger partial charge is 0.252 e. The lowest BCUT2D eigenvalue weighted by molar-refractivity contribution is 0.0960. The third-order valence-electron chi connectivity index (χ3n) is 4.03. The van der Waals surface area contributed by atoms with Crippen LogP contribution in [-0.2, 0) is 7.05 Å². The molecule has 1 amide bonds. The number of fused-ring (bicyclic) bond motifs is 2. The topological polar surface area (TPSA) is 34.0 Å². The van der Waals surface area contributed by atoms with Crippen LogP contribution in [0, 0.1) is 0 Å². The highest BCUT2D eigenvalue weighted by Crippen LogP contribution is 2.35. The highest BCUT2D eigenvalue weighted by Gasteiger charge is 2.30. The number of benzene rings is 2. The summed E-state index contributed by atoms with van der Waals surface area (Å²) in [5.74, 6) is 0.0125. The molecule has 3 heteroatoms. The first-order chi connectivity index (χ1) is 9.75. The van der Waals surface area contributed by atoms with Crippen LogP contribution < -0.4 is 5.32 Å². The Morgan fingerprint density at radius 1 is 1.00 bits per heavy atom. The van der Waals surface area contributed by atoms with E-state index >= 15 is 0 Å². The number of para-hydroxylation sites is 1. The number of carbonyl (C=O) groups is 1. The number of amides is 1. The quantitative estimate of drug-likeness (QED) is 0.718. The van der Waals surface area contributed by atoms with Gasteiger partial charge in [-0.25, -0.2) is 0 Å². The average molecular weight is 262 g/mol. The van der Waals surface area contributed by atoms with E-state index in [1.165, 1.54) is 10.9 Å².